The maximum absolute atomic E-state index is 8.57. The van der Waals surface area contributed by atoms with Crippen LogP contribution >= 0.6 is 17.0 Å². The van der Waals surface area contributed by atoms with Crippen molar-refractivity contribution >= 4 is 35.1 Å². The van der Waals surface area contributed by atoms with Crippen LogP contribution in [0.25, 0.3) is 34.4 Å². The molecule has 0 bridgehead atoms. The van der Waals surface area contributed by atoms with E-state index in [9.17, 15) is 0 Å². The fourth-order valence-corrected chi connectivity index (χ4v) is 62.3. The molecule has 4 heteroatoms. The molecule has 2 aliphatic carbocycles. The zero-order valence-corrected chi connectivity index (χ0v) is 28.9. The molecule has 0 heterocycles. The molecule has 0 nitrogen and oxygen atoms in total. The Morgan fingerprint density at radius 3 is 1.35 bits per heavy atom. The molecule has 0 fully saturated rings. The average Bonchev–Trinajstić information content (AvgIpc) is 3.51. The van der Waals surface area contributed by atoms with Crippen molar-refractivity contribution in [1.82, 2.24) is 0 Å². The molecule has 0 amide bonds. The molecule has 40 heavy (non-hydrogen) atoms. The molecule has 4 aromatic rings. The van der Waals surface area contributed by atoms with Crippen LogP contribution in [-0.2, 0) is 15.6 Å². The summed E-state index contributed by atoms with van der Waals surface area (Å²) in [7, 11) is 17.1. The van der Waals surface area contributed by atoms with E-state index in [0.717, 1.165) is 12.1 Å². The first-order valence-electron chi connectivity index (χ1n) is 14.6. The van der Waals surface area contributed by atoms with Crippen LogP contribution in [-0.4, -0.2) is 5.92 Å². The van der Waals surface area contributed by atoms with E-state index < -0.39 is 21.5 Å². The standard InChI is InChI=1S/2C16H13.C4H11Si.2ClH.Zr/c2*1-12-10-14-8-5-9-15(16(14)11-12)13-6-3-2-4-7-13;1-3-5-4-2;;;/h2*2-11H,1H3;5H,3-4H2,1-2H3;2*1H;/q;;;;;+2/p-2. The molecule has 2 aliphatic rings. The Bertz CT molecular complexity index is 1520. The Kier molecular flexibility index (Phi) is 7.54. The first-order chi connectivity index (χ1) is 19.3. The number of hydrogen-bond donors (Lipinski definition) is 0. The van der Waals surface area contributed by atoms with Crippen LogP contribution in [0.1, 0.15) is 57.2 Å². The first-order valence-corrected chi connectivity index (χ1v) is 30.2. The summed E-state index contributed by atoms with van der Waals surface area (Å²) in [6.07, 6.45) is 4.82. The quantitative estimate of drug-likeness (QED) is 0.173. The summed E-state index contributed by atoms with van der Waals surface area (Å²) in [5, 5.41) is 0. The van der Waals surface area contributed by atoms with Crippen LogP contribution in [0, 0.1) is 0 Å². The molecule has 0 spiro atoms. The van der Waals surface area contributed by atoms with Gasteiger partial charge in [-0.25, -0.2) is 0 Å². The van der Waals surface area contributed by atoms with E-state index >= 15 is 0 Å². The third-order valence-electron chi connectivity index (χ3n) is 9.59. The van der Waals surface area contributed by atoms with Gasteiger partial charge >= 0.3 is 250 Å². The number of halogens is 2. The van der Waals surface area contributed by atoms with Crippen molar-refractivity contribution in [3.8, 4) is 22.3 Å². The molecule has 203 valence electrons. The van der Waals surface area contributed by atoms with Gasteiger partial charge in [-0.3, -0.25) is 0 Å². The van der Waals surface area contributed by atoms with Gasteiger partial charge in [-0.1, -0.05) is 0 Å². The van der Waals surface area contributed by atoms with E-state index in [1.165, 1.54) is 55.7 Å². The minimum atomic E-state index is -4.73. The predicted octanol–water partition coefficient (Wildman–Crippen LogP) is 11.4. The van der Waals surface area contributed by atoms with E-state index in [-0.39, 0.29) is 7.25 Å². The molecule has 0 radical (unpaired) electrons. The van der Waals surface area contributed by atoms with Gasteiger partial charge in [0.05, 0.1) is 0 Å². The van der Waals surface area contributed by atoms with Crippen molar-refractivity contribution in [3.05, 3.63) is 130 Å². The summed E-state index contributed by atoms with van der Waals surface area (Å²) in [5.41, 5.74) is 13.1. The Morgan fingerprint density at radius 1 is 0.575 bits per heavy atom. The Hall–Kier alpha value is -1.96. The van der Waals surface area contributed by atoms with Gasteiger partial charge < -0.3 is 0 Å². The van der Waals surface area contributed by atoms with Gasteiger partial charge in [0.1, 0.15) is 0 Å². The molecule has 2 atom stereocenters. The second-order valence-corrected chi connectivity index (χ2v) is 52.5. The van der Waals surface area contributed by atoms with Crippen molar-refractivity contribution in [1.29, 1.82) is 0 Å². The van der Waals surface area contributed by atoms with Gasteiger partial charge in [-0.2, -0.15) is 0 Å². The number of rotatable bonds is 7. The molecule has 4 aromatic carbocycles. The van der Waals surface area contributed by atoms with E-state index in [4.69, 9.17) is 17.0 Å². The first kappa shape index (κ1) is 28.2. The van der Waals surface area contributed by atoms with Crippen LogP contribution in [0.5, 0.6) is 0 Å². The molecule has 0 saturated carbocycles. The summed E-state index contributed by atoms with van der Waals surface area (Å²) in [6, 6.07) is 37.3. The second-order valence-electron chi connectivity index (χ2n) is 11.7. The molecule has 6 rings (SSSR count). The van der Waals surface area contributed by atoms with Crippen molar-refractivity contribution < 1.29 is 15.6 Å². The van der Waals surface area contributed by atoms with Gasteiger partial charge in [-0.15, -0.1) is 0 Å². The number of allylic oxidation sites excluding steroid dienone is 2. The van der Waals surface area contributed by atoms with Crippen LogP contribution in [0.4, 0.5) is 0 Å². The van der Waals surface area contributed by atoms with Crippen molar-refractivity contribution in [2.24, 2.45) is 0 Å². The van der Waals surface area contributed by atoms with Crippen molar-refractivity contribution in [2.45, 2.75) is 47.0 Å². The van der Waals surface area contributed by atoms with Gasteiger partial charge in [0.25, 0.3) is 0 Å². The third kappa shape index (κ3) is 4.25. The minimum absolute atomic E-state index is 0.125. The molecule has 0 aromatic heterocycles. The zero-order chi connectivity index (χ0) is 28.1. The van der Waals surface area contributed by atoms with Crippen LogP contribution in [0.3, 0.4) is 0 Å². The Labute approximate surface area is 248 Å². The number of benzene rings is 4. The van der Waals surface area contributed by atoms with E-state index in [2.05, 4.69) is 137 Å². The van der Waals surface area contributed by atoms with E-state index in [1.54, 1.807) is 0 Å². The Balaban J connectivity index is 1.59. The summed E-state index contributed by atoms with van der Waals surface area (Å²) in [4.78, 5) is 0. The number of hydrogen-bond acceptors (Lipinski definition) is 0. The zero-order valence-electron chi connectivity index (χ0n) is 23.8. The van der Waals surface area contributed by atoms with Crippen LogP contribution in [0.15, 0.2) is 108 Å². The normalized spacial score (nSPS) is 19.0. The van der Waals surface area contributed by atoms with Crippen molar-refractivity contribution in [3.63, 3.8) is 0 Å². The third-order valence-corrected chi connectivity index (χ3v) is 59.9. The Morgan fingerprint density at radius 2 is 0.975 bits per heavy atom. The molecule has 0 N–H and O–H groups in total. The topological polar surface area (TPSA) is 0 Å². The summed E-state index contributed by atoms with van der Waals surface area (Å²) in [5.74, 6) is -1.56. The van der Waals surface area contributed by atoms with Gasteiger partial charge in [0.15, 0.2) is 0 Å². The monoisotopic (exact) mass is 657 g/mol. The number of fused-ring (bicyclic) bond motifs is 2. The van der Waals surface area contributed by atoms with Gasteiger partial charge in [0.2, 0.25) is 0 Å². The fourth-order valence-electron chi connectivity index (χ4n) is 8.01. The molecule has 0 saturated heterocycles. The average molecular weight is 660 g/mol. The van der Waals surface area contributed by atoms with Gasteiger partial charge in [0, 0.05) is 0 Å². The van der Waals surface area contributed by atoms with E-state index in [0.29, 0.717) is 0 Å². The maximum atomic E-state index is 8.57. The fraction of sp³-hybridized carbons (Fsp3) is 0.222. The molecular weight excluding hydrogens is 623 g/mol. The molecule has 2 unspecified atom stereocenters. The van der Waals surface area contributed by atoms with Crippen LogP contribution < -0.4 is 0 Å². The molecular formula is C36H37Cl2SiZr. The summed E-state index contributed by atoms with van der Waals surface area (Å²) >= 11 is -4.73. The summed E-state index contributed by atoms with van der Waals surface area (Å²) < 4.78 is 0.249. The van der Waals surface area contributed by atoms with E-state index in [1.807, 2.05) is 0 Å². The van der Waals surface area contributed by atoms with Crippen molar-refractivity contribution in [2.75, 3.05) is 0 Å². The predicted molar refractivity (Wildman–Crippen MR) is 176 cm³/mol. The van der Waals surface area contributed by atoms with Gasteiger partial charge in [-0.05, 0) is 0 Å². The second kappa shape index (κ2) is 10.7. The molecule has 0 aliphatic heterocycles. The van der Waals surface area contributed by atoms with Crippen LogP contribution in [0.2, 0.25) is 12.1 Å². The SMILES string of the molecule is CC[SiH](CC)[Zr]([Cl])([Cl])([CH]1C(C)=Cc2c(-c3ccccc3)cccc21)[CH]1C(C)=Cc2c(-c3ccccc3)cccc21. The summed E-state index contributed by atoms with van der Waals surface area (Å²) in [6.45, 7) is 9.29.